The fraction of sp³-hybridized carbons (Fsp3) is 0.250. The average Bonchev–Trinajstić information content (AvgIpc) is 2.59. The Bertz CT molecular complexity index is 687. The summed E-state index contributed by atoms with van der Waals surface area (Å²) >= 11 is 0. The first-order valence-corrected chi connectivity index (χ1v) is 8.10. The summed E-state index contributed by atoms with van der Waals surface area (Å²) < 4.78 is 10.6. The lowest BCUT2D eigenvalue weighted by molar-refractivity contribution is -0.137. The van der Waals surface area contributed by atoms with Crippen molar-refractivity contribution in [3.63, 3.8) is 0 Å². The molecule has 0 unspecified atom stereocenters. The van der Waals surface area contributed by atoms with Gasteiger partial charge in [0, 0.05) is 6.08 Å². The molecule has 134 valence electrons. The maximum atomic E-state index is 11.3. The molecule has 0 bridgehead atoms. The minimum Gasteiger partial charge on any atom is -0.491 e. The van der Waals surface area contributed by atoms with Crippen molar-refractivity contribution in [1.82, 2.24) is 0 Å². The maximum Gasteiger partial charge on any atom is 0.330 e. The van der Waals surface area contributed by atoms with E-state index in [1.54, 1.807) is 19.1 Å². The van der Waals surface area contributed by atoms with Gasteiger partial charge >= 0.3 is 5.97 Å². The number of rotatable bonds is 8. The van der Waals surface area contributed by atoms with Gasteiger partial charge in [-0.05, 0) is 49.1 Å². The van der Waals surface area contributed by atoms with Gasteiger partial charge in [0.2, 0.25) is 0 Å². The van der Waals surface area contributed by atoms with Crippen molar-refractivity contribution >= 4 is 30.1 Å². The number of carbonyl (C=O) groups is 1. The van der Waals surface area contributed by atoms with Gasteiger partial charge in [-0.15, -0.1) is 12.4 Å². The van der Waals surface area contributed by atoms with Crippen LogP contribution >= 0.6 is 12.4 Å². The molecule has 5 heteroatoms. The molecule has 2 aromatic rings. The zero-order valence-corrected chi connectivity index (χ0v) is 15.1. The molecule has 25 heavy (non-hydrogen) atoms. The highest BCUT2D eigenvalue weighted by Crippen LogP contribution is 2.23. The number of nitrogen functional groups attached to an aromatic ring is 1. The summed E-state index contributed by atoms with van der Waals surface area (Å²) in [5.74, 6) is 0.300. The normalized spacial score (nSPS) is 10.3. The van der Waals surface area contributed by atoms with Crippen LogP contribution in [0.25, 0.3) is 6.08 Å². The number of anilines is 1. The third-order valence-electron chi connectivity index (χ3n) is 3.44. The number of esters is 1. The lowest BCUT2D eigenvalue weighted by Crippen LogP contribution is -2.02. The number of benzene rings is 2. The average molecular weight is 362 g/mol. The Morgan fingerprint density at radius 1 is 1.16 bits per heavy atom. The van der Waals surface area contributed by atoms with Gasteiger partial charge in [-0.25, -0.2) is 4.79 Å². The molecule has 2 aromatic carbocycles. The topological polar surface area (TPSA) is 61.5 Å². The van der Waals surface area contributed by atoms with Crippen LogP contribution in [0.2, 0.25) is 0 Å². The Labute approximate surface area is 155 Å². The van der Waals surface area contributed by atoms with Gasteiger partial charge < -0.3 is 15.2 Å². The first-order valence-electron chi connectivity index (χ1n) is 8.10. The molecule has 0 aliphatic rings. The summed E-state index contributed by atoms with van der Waals surface area (Å²) in [6, 6.07) is 15.8. The van der Waals surface area contributed by atoms with Crippen molar-refractivity contribution in [1.29, 1.82) is 0 Å². The van der Waals surface area contributed by atoms with Crippen LogP contribution in [0.5, 0.6) is 5.75 Å². The van der Waals surface area contributed by atoms with E-state index in [9.17, 15) is 4.79 Å². The maximum absolute atomic E-state index is 11.3. The molecule has 0 saturated carbocycles. The molecule has 0 aliphatic carbocycles. The quantitative estimate of drug-likeness (QED) is 0.330. The van der Waals surface area contributed by atoms with Crippen LogP contribution in [0.3, 0.4) is 0 Å². The van der Waals surface area contributed by atoms with E-state index in [0.29, 0.717) is 24.7 Å². The van der Waals surface area contributed by atoms with Crippen molar-refractivity contribution in [2.24, 2.45) is 0 Å². The predicted octanol–water partition coefficient (Wildman–Crippen LogP) is 4.28. The van der Waals surface area contributed by atoms with Crippen molar-refractivity contribution in [3.8, 4) is 5.75 Å². The molecule has 2 rings (SSSR count). The second-order valence-corrected chi connectivity index (χ2v) is 5.32. The molecule has 0 heterocycles. The van der Waals surface area contributed by atoms with Crippen LogP contribution in [0.4, 0.5) is 5.69 Å². The van der Waals surface area contributed by atoms with Crippen molar-refractivity contribution in [2.45, 2.75) is 19.8 Å². The van der Waals surface area contributed by atoms with E-state index >= 15 is 0 Å². The fourth-order valence-electron chi connectivity index (χ4n) is 2.26. The van der Waals surface area contributed by atoms with Crippen LogP contribution in [-0.2, 0) is 16.0 Å². The van der Waals surface area contributed by atoms with E-state index in [1.807, 2.05) is 30.3 Å². The van der Waals surface area contributed by atoms with E-state index in [0.717, 1.165) is 18.4 Å². The molecule has 0 spiro atoms. The lowest BCUT2D eigenvalue weighted by atomic mass is 10.1. The molecular weight excluding hydrogens is 338 g/mol. The van der Waals surface area contributed by atoms with Gasteiger partial charge in [0.15, 0.2) is 0 Å². The first kappa shape index (κ1) is 20.6. The summed E-state index contributed by atoms with van der Waals surface area (Å²) in [6.45, 7) is 2.74. The molecule has 0 aromatic heterocycles. The summed E-state index contributed by atoms with van der Waals surface area (Å²) in [7, 11) is 0. The molecule has 0 radical (unpaired) electrons. The minimum atomic E-state index is -0.364. The van der Waals surface area contributed by atoms with Crippen LogP contribution in [-0.4, -0.2) is 19.2 Å². The Kier molecular flexibility index (Phi) is 9.19. The Balaban J connectivity index is 0.00000312. The minimum absolute atomic E-state index is 0. The third kappa shape index (κ3) is 7.31. The van der Waals surface area contributed by atoms with Crippen molar-refractivity contribution < 1.29 is 14.3 Å². The highest BCUT2D eigenvalue weighted by atomic mass is 35.5. The smallest absolute Gasteiger partial charge is 0.330 e. The molecule has 2 N–H and O–H groups in total. The number of hydrogen-bond donors (Lipinski definition) is 1. The van der Waals surface area contributed by atoms with Crippen LogP contribution < -0.4 is 10.5 Å². The second kappa shape index (κ2) is 11.2. The Morgan fingerprint density at radius 2 is 1.92 bits per heavy atom. The molecule has 0 atom stereocenters. The summed E-state index contributed by atoms with van der Waals surface area (Å²) in [4.78, 5) is 11.3. The third-order valence-corrected chi connectivity index (χ3v) is 3.44. The number of halogens is 1. The number of carbonyl (C=O) groups excluding carboxylic acids is 1. The first-order chi connectivity index (χ1) is 11.7. The second-order valence-electron chi connectivity index (χ2n) is 5.32. The molecular formula is C20H24ClNO3. The predicted molar refractivity (Wildman–Crippen MR) is 104 cm³/mol. The molecule has 4 nitrogen and oxygen atoms in total. The van der Waals surface area contributed by atoms with Gasteiger partial charge in [-0.2, -0.15) is 0 Å². The highest BCUT2D eigenvalue weighted by Gasteiger charge is 2.02. The fourth-order valence-corrected chi connectivity index (χ4v) is 2.26. The number of nitrogens with two attached hydrogens (primary N) is 1. The molecule has 0 amide bonds. The summed E-state index contributed by atoms with van der Waals surface area (Å²) in [5, 5.41) is 0. The van der Waals surface area contributed by atoms with Crippen LogP contribution in [0.1, 0.15) is 24.5 Å². The monoisotopic (exact) mass is 361 g/mol. The summed E-state index contributed by atoms with van der Waals surface area (Å²) in [6.07, 6.45) is 4.96. The lowest BCUT2D eigenvalue weighted by Gasteiger charge is -2.09. The van der Waals surface area contributed by atoms with E-state index in [4.69, 9.17) is 15.2 Å². The van der Waals surface area contributed by atoms with E-state index in [1.165, 1.54) is 11.6 Å². The number of hydrogen-bond acceptors (Lipinski definition) is 4. The zero-order chi connectivity index (χ0) is 17.2. The van der Waals surface area contributed by atoms with E-state index in [2.05, 4.69) is 12.1 Å². The molecule has 0 saturated heterocycles. The molecule has 0 fully saturated rings. The van der Waals surface area contributed by atoms with Gasteiger partial charge in [0.25, 0.3) is 0 Å². The van der Waals surface area contributed by atoms with Gasteiger partial charge in [-0.1, -0.05) is 36.4 Å². The zero-order valence-electron chi connectivity index (χ0n) is 14.3. The molecule has 0 aliphatic heterocycles. The van der Waals surface area contributed by atoms with Gasteiger partial charge in [-0.3, -0.25) is 0 Å². The van der Waals surface area contributed by atoms with Crippen molar-refractivity contribution in [2.75, 3.05) is 18.9 Å². The van der Waals surface area contributed by atoms with E-state index in [-0.39, 0.29) is 18.4 Å². The number of ether oxygens (including phenoxy) is 2. The van der Waals surface area contributed by atoms with Crippen LogP contribution in [0, 0.1) is 0 Å². The van der Waals surface area contributed by atoms with Crippen LogP contribution in [0.15, 0.2) is 54.6 Å². The largest absolute Gasteiger partial charge is 0.491 e. The summed E-state index contributed by atoms with van der Waals surface area (Å²) in [5.41, 5.74) is 8.69. The number of aryl methyl sites for hydroxylation is 1. The standard InChI is InChI=1S/C20H23NO3.ClH/c1-2-23-20(22)13-11-17-10-12-19(18(21)15-17)24-14-6-9-16-7-4-3-5-8-16;/h3-5,7-8,10-13,15H,2,6,9,14,21H2,1H3;1H. The Hall–Kier alpha value is -2.46. The SMILES string of the molecule is CCOC(=O)C=Cc1ccc(OCCCc2ccccc2)c(N)c1.Cl. The van der Waals surface area contributed by atoms with Gasteiger partial charge in [0.05, 0.1) is 18.9 Å². The van der Waals surface area contributed by atoms with Gasteiger partial charge in [0.1, 0.15) is 5.75 Å². The van der Waals surface area contributed by atoms with Crippen molar-refractivity contribution in [3.05, 3.63) is 65.7 Å². The Morgan fingerprint density at radius 3 is 2.60 bits per heavy atom. The highest BCUT2D eigenvalue weighted by molar-refractivity contribution is 5.87. The van der Waals surface area contributed by atoms with E-state index < -0.39 is 0 Å².